The Morgan fingerprint density at radius 1 is 1.32 bits per heavy atom. The summed E-state index contributed by atoms with van der Waals surface area (Å²) in [4.78, 5) is 11.8. The first-order chi connectivity index (χ1) is 8.97. The van der Waals surface area contributed by atoms with Crippen molar-refractivity contribution in [2.45, 2.75) is 31.9 Å². The molecular formula is C13H14F3NO2. The molecule has 1 aromatic carbocycles. The number of carbonyl (C=O) groups is 1. The lowest BCUT2D eigenvalue weighted by atomic mass is 10.0. The van der Waals surface area contributed by atoms with Gasteiger partial charge in [0.1, 0.15) is 0 Å². The summed E-state index contributed by atoms with van der Waals surface area (Å²) >= 11 is 0. The number of amides is 1. The average molecular weight is 273 g/mol. The van der Waals surface area contributed by atoms with E-state index >= 15 is 0 Å². The number of hydrogen-bond acceptors (Lipinski definition) is 2. The Hall–Kier alpha value is -1.56. The van der Waals surface area contributed by atoms with Gasteiger partial charge in [-0.1, -0.05) is 0 Å². The van der Waals surface area contributed by atoms with Crippen LogP contribution in [0.2, 0.25) is 0 Å². The molecule has 1 aliphatic rings. The zero-order valence-corrected chi connectivity index (χ0v) is 10.4. The Morgan fingerprint density at radius 3 is 2.53 bits per heavy atom. The third-order valence-corrected chi connectivity index (χ3v) is 3.07. The van der Waals surface area contributed by atoms with Gasteiger partial charge >= 0.3 is 0 Å². The summed E-state index contributed by atoms with van der Waals surface area (Å²) in [6.45, 7) is 2.41. The highest BCUT2D eigenvalue weighted by Gasteiger charge is 2.22. The van der Waals surface area contributed by atoms with Crippen LogP contribution in [0, 0.1) is 17.5 Å². The molecule has 2 rings (SSSR count). The van der Waals surface area contributed by atoms with E-state index in [9.17, 15) is 18.0 Å². The zero-order valence-electron chi connectivity index (χ0n) is 10.4. The molecule has 104 valence electrons. The van der Waals surface area contributed by atoms with E-state index < -0.39 is 23.4 Å². The molecule has 2 atom stereocenters. The van der Waals surface area contributed by atoms with Gasteiger partial charge in [0.05, 0.1) is 6.10 Å². The topological polar surface area (TPSA) is 38.3 Å². The van der Waals surface area contributed by atoms with Gasteiger partial charge in [-0.05, 0) is 31.9 Å². The fraction of sp³-hybridized carbons (Fsp3) is 0.462. The molecule has 0 radical (unpaired) electrons. The number of hydrogen-bond donors (Lipinski definition) is 1. The fourth-order valence-electron chi connectivity index (χ4n) is 2.08. The summed E-state index contributed by atoms with van der Waals surface area (Å²) in [5.74, 6) is -4.93. The molecule has 0 bridgehead atoms. The lowest BCUT2D eigenvalue weighted by molar-refractivity contribution is 0.0136. The first-order valence-electron chi connectivity index (χ1n) is 6.04. The Bertz CT molecular complexity index is 470. The van der Waals surface area contributed by atoms with Crippen LogP contribution in [0.5, 0.6) is 0 Å². The second-order valence-corrected chi connectivity index (χ2v) is 4.63. The maximum absolute atomic E-state index is 13.0. The van der Waals surface area contributed by atoms with Crippen molar-refractivity contribution in [1.82, 2.24) is 5.32 Å². The minimum atomic E-state index is -1.57. The van der Waals surface area contributed by atoms with E-state index in [2.05, 4.69) is 5.32 Å². The Labute approximate surface area is 108 Å². The van der Waals surface area contributed by atoms with Crippen molar-refractivity contribution < 1.29 is 22.7 Å². The van der Waals surface area contributed by atoms with Crippen LogP contribution >= 0.6 is 0 Å². The predicted octanol–water partition coefficient (Wildman–Crippen LogP) is 2.40. The highest BCUT2D eigenvalue weighted by molar-refractivity contribution is 5.94. The van der Waals surface area contributed by atoms with Crippen LogP contribution in [0.15, 0.2) is 12.1 Å². The van der Waals surface area contributed by atoms with E-state index in [-0.39, 0.29) is 17.7 Å². The van der Waals surface area contributed by atoms with Crippen LogP contribution in [-0.4, -0.2) is 24.7 Å². The number of carbonyl (C=O) groups excluding carboxylic acids is 1. The van der Waals surface area contributed by atoms with Crippen molar-refractivity contribution in [2.24, 2.45) is 0 Å². The molecule has 0 aromatic heterocycles. The minimum Gasteiger partial charge on any atom is -0.378 e. The van der Waals surface area contributed by atoms with Crippen LogP contribution in [-0.2, 0) is 4.74 Å². The Kier molecular flexibility index (Phi) is 4.09. The lowest BCUT2D eigenvalue weighted by Crippen LogP contribution is -2.41. The Morgan fingerprint density at radius 2 is 1.95 bits per heavy atom. The van der Waals surface area contributed by atoms with Crippen LogP contribution in [0.4, 0.5) is 13.2 Å². The van der Waals surface area contributed by atoms with E-state index in [0.717, 1.165) is 0 Å². The summed E-state index contributed by atoms with van der Waals surface area (Å²) in [7, 11) is 0. The molecule has 0 aliphatic carbocycles. The van der Waals surface area contributed by atoms with Gasteiger partial charge < -0.3 is 10.1 Å². The van der Waals surface area contributed by atoms with Crippen LogP contribution < -0.4 is 5.32 Å². The van der Waals surface area contributed by atoms with Gasteiger partial charge in [0.25, 0.3) is 5.91 Å². The van der Waals surface area contributed by atoms with Gasteiger partial charge in [-0.15, -0.1) is 0 Å². The highest BCUT2D eigenvalue weighted by atomic mass is 19.2. The van der Waals surface area contributed by atoms with Crippen molar-refractivity contribution in [3.63, 3.8) is 0 Å². The van der Waals surface area contributed by atoms with Gasteiger partial charge in [0.15, 0.2) is 17.5 Å². The monoisotopic (exact) mass is 273 g/mol. The third kappa shape index (κ3) is 3.26. The van der Waals surface area contributed by atoms with Gasteiger partial charge in [0.2, 0.25) is 0 Å². The maximum atomic E-state index is 13.0. The predicted molar refractivity (Wildman–Crippen MR) is 62.2 cm³/mol. The fourth-order valence-corrected chi connectivity index (χ4v) is 2.08. The first kappa shape index (κ1) is 13.9. The number of benzene rings is 1. The molecule has 1 fully saturated rings. The number of ether oxygens (including phenoxy) is 1. The lowest BCUT2D eigenvalue weighted by Gasteiger charge is -2.27. The van der Waals surface area contributed by atoms with Gasteiger partial charge in [-0.3, -0.25) is 4.79 Å². The van der Waals surface area contributed by atoms with E-state index in [0.29, 0.717) is 31.6 Å². The van der Waals surface area contributed by atoms with Crippen molar-refractivity contribution in [3.8, 4) is 0 Å². The first-order valence-corrected chi connectivity index (χ1v) is 6.04. The Balaban J connectivity index is 2.07. The summed E-state index contributed by atoms with van der Waals surface area (Å²) in [6, 6.07) is 1.28. The summed E-state index contributed by atoms with van der Waals surface area (Å²) in [5, 5.41) is 2.66. The second-order valence-electron chi connectivity index (χ2n) is 4.63. The molecule has 1 N–H and O–H groups in total. The normalized spacial score (nSPS) is 23.2. The van der Waals surface area contributed by atoms with Crippen molar-refractivity contribution >= 4 is 5.91 Å². The van der Waals surface area contributed by atoms with E-state index in [1.54, 1.807) is 0 Å². The maximum Gasteiger partial charge on any atom is 0.251 e. The third-order valence-electron chi connectivity index (χ3n) is 3.07. The van der Waals surface area contributed by atoms with E-state index in [1.807, 2.05) is 6.92 Å². The summed E-state index contributed by atoms with van der Waals surface area (Å²) in [5.41, 5.74) is -0.226. The zero-order chi connectivity index (χ0) is 14.0. The molecule has 1 aliphatic heterocycles. The molecule has 3 nitrogen and oxygen atoms in total. The molecule has 0 spiro atoms. The molecule has 1 saturated heterocycles. The standard InChI is InChI=1S/C13H14F3NO2/c1-7-4-9(2-3-19-7)17-13(18)8-5-10(14)12(16)11(15)6-8/h5-7,9H,2-4H2,1H3,(H,17,18). The van der Waals surface area contributed by atoms with E-state index in [1.165, 1.54) is 0 Å². The molecule has 2 unspecified atom stereocenters. The molecule has 1 heterocycles. The minimum absolute atomic E-state index is 0.0285. The highest BCUT2D eigenvalue weighted by Crippen LogP contribution is 2.16. The number of halogens is 3. The van der Waals surface area contributed by atoms with Crippen LogP contribution in [0.1, 0.15) is 30.1 Å². The van der Waals surface area contributed by atoms with E-state index in [4.69, 9.17) is 4.74 Å². The quantitative estimate of drug-likeness (QED) is 0.840. The SMILES string of the molecule is CC1CC(NC(=O)c2cc(F)c(F)c(F)c2)CCO1. The van der Waals surface area contributed by atoms with Gasteiger partial charge in [0, 0.05) is 18.2 Å². The second kappa shape index (κ2) is 5.61. The van der Waals surface area contributed by atoms with Crippen molar-refractivity contribution in [2.75, 3.05) is 6.61 Å². The molecular weight excluding hydrogens is 259 g/mol. The average Bonchev–Trinajstić information content (AvgIpc) is 2.35. The smallest absolute Gasteiger partial charge is 0.251 e. The molecule has 19 heavy (non-hydrogen) atoms. The van der Waals surface area contributed by atoms with Crippen molar-refractivity contribution in [1.29, 1.82) is 0 Å². The molecule has 1 amide bonds. The number of rotatable bonds is 2. The molecule has 6 heteroatoms. The summed E-state index contributed by atoms with van der Waals surface area (Å²) < 4.78 is 44.2. The molecule has 0 saturated carbocycles. The molecule has 1 aromatic rings. The van der Waals surface area contributed by atoms with Gasteiger partial charge in [-0.25, -0.2) is 13.2 Å². The van der Waals surface area contributed by atoms with Crippen LogP contribution in [0.3, 0.4) is 0 Å². The summed E-state index contributed by atoms with van der Waals surface area (Å²) in [6.07, 6.45) is 1.31. The van der Waals surface area contributed by atoms with Gasteiger partial charge in [-0.2, -0.15) is 0 Å². The van der Waals surface area contributed by atoms with Crippen LogP contribution in [0.25, 0.3) is 0 Å². The number of nitrogens with one attached hydrogen (secondary N) is 1. The van der Waals surface area contributed by atoms with Crippen molar-refractivity contribution in [3.05, 3.63) is 35.1 Å². The largest absolute Gasteiger partial charge is 0.378 e.